The fraction of sp³-hybridized carbons (Fsp3) is 0.250. The van der Waals surface area contributed by atoms with E-state index in [2.05, 4.69) is 5.32 Å². The molecule has 2 amide bonds. The number of nitrogens with zero attached hydrogens (tertiary/aromatic N) is 1. The van der Waals surface area contributed by atoms with Crippen LogP contribution in [0.4, 0.5) is 16.2 Å². The summed E-state index contributed by atoms with van der Waals surface area (Å²) < 4.78 is 31.7. The smallest absolute Gasteiger partial charge is 0.412 e. The van der Waals surface area contributed by atoms with Gasteiger partial charge in [0.2, 0.25) is 5.91 Å². The van der Waals surface area contributed by atoms with Gasteiger partial charge in [-0.15, -0.1) is 11.3 Å². The van der Waals surface area contributed by atoms with Gasteiger partial charge in [-0.05, 0) is 43.5 Å². The summed E-state index contributed by atoms with van der Waals surface area (Å²) in [5.41, 5.74) is 0.328. The van der Waals surface area contributed by atoms with Crippen LogP contribution in [0.1, 0.15) is 26.3 Å². The first-order chi connectivity index (χ1) is 11.6. The van der Waals surface area contributed by atoms with Crippen molar-refractivity contribution in [2.45, 2.75) is 30.6 Å². The monoisotopic (exact) mass is 380 g/mol. The summed E-state index contributed by atoms with van der Waals surface area (Å²) in [4.78, 5) is 23.7. The highest BCUT2D eigenvalue weighted by atomic mass is 32.2. The van der Waals surface area contributed by atoms with E-state index in [-0.39, 0.29) is 9.90 Å². The topological polar surface area (TPSA) is 92.8 Å². The van der Waals surface area contributed by atoms with Gasteiger partial charge < -0.3 is 4.74 Å². The third kappa shape index (κ3) is 3.00. The first-order valence-corrected chi connectivity index (χ1v) is 9.69. The Hall–Kier alpha value is -2.39. The molecule has 0 saturated carbocycles. The molecule has 3 rings (SSSR count). The van der Waals surface area contributed by atoms with Crippen molar-refractivity contribution >= 4 is 44.7 Å². The quantitative estimate of drug-likeness (QED) is 0.882. The number of carbonyl (C=O) groups is 2. The summed E-state index contributed by atoms with van der Waals surface area (Å²) in [6.45, 7) is 4.58. The van der Waals surface area contributed by atoms with Crippen LogP contribution in [0.5, 0.6) is 0 Å². The normalized spacial score (nSPS) is 15.7. The van der Waals surface area contributed by atoms with Crippen molar-refractivity contribution in [2.75, 3.05) is 9.62 Å². The van der Waals surface area contributed by atoms with Gasteiger partial charge in [0.25, 0.3) is 10.0 Å². The van der Waals surface area contributed by atoms with Gasteiger partial charge in [0.05, 0.1) is 11.4 Å². The summed E-state index contributed by atoms with van der Waals surface area (Å²) >= 11 is 1.04. The Bertz CT molecular complexity index is 949. The zero-order chi connectivity index (χ0) is 18.4. The van der Waals surface area contributed by atoms with Gasteiger partial charge in [-0.2, -0.15) is 8.42 Å². The zero-order valence-electron chi connectivity index (χ0n) is 13.8. The Balaban J connectivity index is 2.14. The van der Waals surface area contributed by atoms with E-state index in [1.54, 1.807) is 37.4 Å². The minimum atomic E-state index is -4.01. The van der Waals surface area contributed by atoms with Crippen LogP contribution in [0.2, 0.25) is 0 Å². The van der Waals surface area contributed by atoms with Crippen LogP contribution in [-0.2, 0) is 25.2 Å². The van der Waals surface area contributed by atoms with Crippen molar-refractivity contribution in [3.8, 4) is 0 Å². The summed E-state index contributed by atoms with van der Waals surface area (Å²) in [6, 6.07) is 7.64. The third-order valence-corrected chi connectivity index (χ3v) is 6.92. The van der Waals surface area contributed by atoms with E-state index in [1.165, 1.54) is 19.1 Å². The van der Waals surface area contributed by atoms with E-state index in [0.29, 0.717) is 11.3 Å². The summed E-state index contributed by atoms with van der Waals surface area (Å²) in [7, 11) is -4.01. The molecule has 1 aromatic heterocycles. The molecule has 1 aliphatic heterocycles. The van der Waals surface area contributed by atoms with E-state index in [0.717, 1.165) is 15.6 Å². The number of anilines is 2. The highest BCUT2D eigenvalue weighted by Gasteiger charge is 2.36. The Labute approximate surface area is 149 Å². The minimum absolute atomic E-state index is 0.0734. The van der Waals surface area contributed by atoms with E-state index >= 15 is 0 Å². The lowest BCUT2D eigenvalue weighted by Gasteiger charge is -2.33. The van der Waals surface area contributed by atoms with Gasteiger partial charge in [0.1, 0.15) is 9.81 Å². The summed E-state index contributed by atoms with van der Waals surface area (Å²) in [5.74, 6) is -0.632. The molecule has 9 heteroatoms. The number of amides is 2. The minimum Gasteiger partial charge on any atom is -0.438 e. The molecule has 0 aliphatic carbocycles. The van der Waals surface area contributed by atoms with Gasteiger partial charge in [0.15, 0.2) is 0 Å². The Morgan fingerprint density at radius 3 is 2.60 bits per heavy atom. The highest BCUT2D eigenvalue weighted by Crippen LogP contribution is 2.39. The standard InChI is InChI=1S/C16H16N2O5S2/c1-10(19)18(25(21,22)14-5-4-8-24-14)11-6-7-13-12(9-11)16(2,3)23-15(20)17-13/h4-9H,1-3H3,(H,17,20). The summed E-state index contributed by atoms with van der Waals surface area (Å²) in [5, 5.41) is 4.19. The number of carbonyl (C=O) groups excluding carboxylic acids is 2. The van der Waals surface area contributed by atoms with Crippen LogP contribution >= 0.6 is 11.3 Å². The van der Waals surface area contributed by atoms with Crippen molar-refractivity contribution in [1.29, 1.82) is 0 Å². The molecule has 0 radical (unpaired) electrons. The van der Waals surface area contributed by atoms with Crippen molar-refractivity contribution in [3.63, 3.8) is 0 Å². The number of sulfonamides is 1. The Morgan fingerprint density at radius 2 is 2.00 bits per heavy atom. The molecule has 1 aromatic carbocycles. The maximum atomic E-state index is 12.8. The second-order valence-corrected chi connectivity index (χ2v) is 8.94. The van der Waals surface area contributed by atoms with Crippen molar-refractivity contribution in [2.24, 2.45) is 0 Å². The first-order valence-electron chi connectivity index (χ1n) is 7.37. The second kappa shape index (κ2) is 5.85. The number of thiophene rings is 1. The lowest BCUT2D eigenvalue weighted by Crippen LogP contribution is -2.37. The molecule has 0 spiro atoms. The maximum Gasteiger partial charge on any atom is 0.412 e. The number of cyclic esters (lactones) is 1. The van der Waals surface area contributed by atoms with Crippen molar-refractivity contribution in [1.82, 2.24) is 0 Å². The van der Waals surface area contributed by atoms with Gasteiger partial charge in [-0.3, -0.25) is 10.1 Å². The van der Waals surface area contributed by atoms with Crippen molar-refractivity contribution in [3.05, 3.63) is 41.3 Å². The number of ether oxygens (including phenoxy) is 1. The highest BCUT2D eigenvalue weighted by molar-refractivity contribution is 7.95. The van der Waals surface area contributed by atoms with Crippen LogP contribution in [0.3, 0.4) is 0 Å². The zero-order valence-corrected chi connectivity index (χ0v) is 15.4. The molecule has 2 heterocycles. The maximum absolute atomic E-state index is 12.8. The number of rotatable bonds is 3. The van der Waals surface area contributed by atoms with Gasteiger partial charge in [0, 0.05) is 12.5 Å². The fourth-order valence-corrected chi connectivity index (χ4v) is 5.16. The van der Waals surface area contributed by atoms with E-state index in [1.807, 2.05) is 0 Å². The van der Waals surface area contributed by atoms with E-state index < -0.39 is 27.6 Å². The van der Waals surface area contributed by atoms with Crippen LogP contribution in [0.25, 0.3) is 0 Å². The molecule has 0 bridgehead atoms. The molecule has 0 unspecified atom stereocenters. The molecule has 0 saturated heterocycles. The second-order valence-electron chi connectivity index (χ2n) is 5.98. The predicted octanol–water partition coefficient (Wildman–Crippen LogP) is 3.29. The Morgan fingerprint density at radius 1 is 1.28 bits per heavy atom. The van der Waals surface area contributed by atoms with E-state index in [4.69, 9.17) is 4.74 Å². The number of benzene rings is 1. The molecular formula is C16H16N2O5S2. The molecule has 1 aliphatic rings. The average molecular weight is 380 g/mol. The lowest BCUT2D eigenvalue weighted by molar-refractivity contribution is -0.115. The summed E-state index contributed by atoms with van der Waals surface area (Å²) in [6.07, 6.45) is -0.583. The largest absolute Gasteiger partial charge is 0.438 e. The third-order valence-electron chi connectivity index (χ3n) is 3.75. The van der Waals surface area contributed by atoms with Crippen LogP contribution in [-0.4, -0.2) is 20.4 Å². The number of hydrogen-bond acceptors (Lipinski definition) is 6. The van der Waals surface area contributed by atoms with E-state index in [9.17, 15) is 18.0 Å². The van der Waals surface area contributed by atoms with Crippen LogP contribution in [0, 0.1) is 0 Å². The molecule has 2 aromatic rings. The predicted molar refractivity (Wildman–Crippen MR) is 94.2 cm³/mol. The van der Waals surface area contributed by atoms with Crippen LogP contribution < -0.4 is 9.62 Å². The Kier molecular flexibility index (Phi) is 4.08. The molecule has 1 N–H and O–H groups in total. The van der Waals surface area contributed by atoms with Gasteiger partial charge in [-0.25, -0.2) is 9.10 Å². The number of nitrogens with one attached hydrogen (secondary N) is 1. The molecule has 25 heavy (non-hydrogen) atoms. The number of fused-ring (bicyclic) bond motifs is 1. The SMILES string of the molecule is CC(=O)N(c1ccc2c(c1)C(C)(C)OC(=O)N2)S(=O)(=O)c1cccs1. The molecule has 0 fully saturated rings. The van der Waals surface area contributed by atoms with Crippen LogP contribution in [0.15, 0.2) is 39.9 Å². The average Bonchev–Trinajstić information content (AvgIpc) is 3.01. The molecular weight excluding hydrogens is 364 g/mol. The lowest BCUT2D eigenvalue weighted by atomic mass is 9.94. The number of hydrogen-bond donors (Lipinski definition) is 1. The first kappa shape index (κ1) is 17.4. The fourth-order valence-electron chi connectivity index (χ4n) is 2.68. The molecule has 7 nitrogen and oxygen atoms in total. The van der Waals surface area contributed by atoms with Gasteiger partial charge >= 0.3 is 6.09 Å². The van der Waals surface area contributed by atoms with Crippen molar-refractivity contribution < 1.29 is 22.7 Å². The van der Waals surface area contributed by atoms with Gasteiger partial charge in [-0.1, -0.05) is 6.07 Å². The molecule has 0 atom stereocenters. The molecule has 132 valence electrons.